The lowest BCUT2D eigenvalue weighted by molar-refractivity contribution is 0.102. The molecule has 0 fully saturated rings. The Morgan fingerprint density at radius 2 is 1.95 bits per heavy atom. The second-order valence-corrected chi connectivity index (χ2v) is 5.85. The topological polar surface area (TPSA) is 26.3 Å². The average molecular weight is 327 g/mol. The fraction of sp³-hybridized carbons (Fsp3) is 0.133. The summed E-state index contributed by atoms with van der Waals surface area (Å²) < 4.78 is 5.25. The highest BCUT2D eigenvalue weighted by atomic mass is 35.5. The zero-order valence-corrected chi connectivity index (χ0v) is 13.1. The van der Waals surface area contributed by atoms with Crippen molar-refractivity contribution in [1.29, 1.82) is 0 Å². The van der Waals surface area contributed by atoms with Gasteiger partial charge < -0.3 is 4.74 Å². The minimum atomic E-state index is -0.0393. The number of ketones is 1. The van der Waals surface area contributed by atoms with Gasteiger partial charge in [0.05, 0.1) is 17.9 Å². The Labute approximate surface area is 132 Å². The van der Waals surface area contributed by atoms with Crippen LogP contribution < -0.4 is 4.74 Å². The summed E-state index contributed by atoms with van der Waals surface area (Å²) in [6.07, 6.45) is 0. The highest BCUT2D eigenvalue weighted by Gasteiger charge is 2.12. The summed E-state index contributed by atoms with van der Waals surface area (Å²) in [7, 11) is 1.61. The second-order valence-electron chi connectivity index (χ2n) is 3.99. The third kappa shape index (κ3) is 3.69. The summed E-state index contributed by atoms with van der Waals surface area (Å²) in [5.41, 5.74) is 0.485. The first-order valence-corrected chi connectivity index (χ1v) is 7.60. The maximum atomic E-state index is 12.2. The zero-order valence-electron chi connectivity index (χ0n) is 10.7. The lowest BCUT2D eigenvalue weighted by atomic mass is 10.1. The molecule has 0 aliphatic carbocycles. The van der Waals surface area contributed by atoms with E-state index in [0.717, 1.165) is 10.6 Å². The number of carbonyl (C=O) groups excluding carboxylic acids is 1. The van der Waals surface area contributed by atoms with Crippen molar-refractivity contribution in [1.82, 2.24) is 0 Å². The Balaban J connectivity index is 2.09. The smallest absolute Gasteiger partial charge is 0.174 e. The molecular weight excluding hydrogens is 315 g/mol. The van der Waals surface area contributed by atoms with Crippen LogP contribution in [0.15, 0.2) is 47.4 Å². The number of hydrogen-bond donors (Lipinski definition) is 0. The van der Waals surface area contributed by atoms with Crippen LogP contribution in [0.25, 0.3) is 0 Å². The molecule has 5 heteroatoms. The number of Topliss-reactive ketones (excluding diaryl/α,β-unsaturated/α-hetero) is 1. The number of ether oxygens (including phenoxy) is 1. The third-order valence-corrected chi connectivity index (χ3v) is 4.26. The molecule has 0 atom stereocenters. The first kappa shape index (κ1) is 15.2. The Hall–Kier alpha value is -1.16. The van der Waals surface area contributed by atoms with Gasteiger partial charge in [-0.2, -0.15) is 0 Å². The summed E-state index contributed by atoms with van der Waals surface area (Å²) in [5, 5.41) is 0.895. The molecule has 2 rings (SSSR count). The lowest BCUT2D eigenvalue weighted by Crippen LogP contribution is -2.03. The second kappa shape index (κ2) is 7.02. The van der Waals surface area contributed by atoms with Gasteiger partial charge in [-0.3, -0.25) is 4.79 Å². The molecule has 104 valence electrons. The average Bonchev–Trinajstić information content (AvgIpc) is 2.45. The predicted molar refractivity (Wildman–Crippen MR) is 84.5 cm³/mol. The van der Waals surface area contributed by atoms with Crippen LogP contribution in [-0.2, 0) is 0 Å². The standard InChI is InChI=1S/C15H12Cl2O2S/c1-19-14-4-2-3-5-15(14)20-9-13(18)11-7-6-10(16)8-12(11)17/h2-8H,9H2,1H3. The zero-order chi connectivity index (χ0) is 14.5. The van der Waals surface area contributed by atoms with Crippen molar-refractivity contribution in [2.75, 3.05) is 12.9 Å². The van der Waals surface area contributed by atoms with E-state index in [1.54, 1.807) is 25.3 Å². The molecule has 0 saturated heterocycles. The van der Waals surface area contributed by atoms with Crippen molar-refractivity contribution in [3.8, 4) is 5.75 Å². The summed E-state index contributed by atoms with van der Waals surface area (Å²) in [6, 6.07) is 12.5. The molecule has 0 amide bonds. The summed E-state index contributed by atoms with van der Waals surface area (Å²) >= 11 is 13.3. The minimum Gasteiger partial charge on any atom is -0.496 e. The summed E-state index contributed by atoms with van der Waals surface area (Å²) in [4.78, 5) is 13.1. The predicted octanol–water partition coefficient (Wildman–Crippen LogP) is 4.98. The van der Waals surface area contributed by atoms with Gasteiger partial charge >= 0.3 is 0 Å². The molecule has 0 aromatic heterocycles. The van der Waals surface area contributed by atoms with Gasteiger partial charge in [-0.25, -0.2) is 0 Å². The number of para-hydroxylation sites is 1. The third-order valence-electron chi connectivity index (χ3n) is 2.66. The molecule has 20 heavy (non-hydrogen) atoms. The minimum absolute atomic E-state index is 0.0393. The molecule has 2 nitrogen and oxygen atoms in total. The fourth-order valence-corrected chi connectivity index (χ4v) is 3.10. The van der Waals surface area contributed by atoms with Gasteiger partial charge in [0.25, 0.3) is 0 Å². The van der Waals surface area contributed by atoms with E-state index in [1.807, 2.05) is 24.3 Å². The van der Waals surface area contributed by atoms with Crippen molar-refractivity contribution in [2.24, 2.45) is 0 Å². The van der Waals surface area contributed by atoms with Gasteiger partial charge in [-0.15, -0.1) is 11.8 Å². The largest absolute Gasteiger partial charge is 0.496 e. The Kier molecular flexibility index (Phi) is 5.35. The van der Waals surface area contributed by atoms with Crippen LogP contribution in [-0.4, -0.2) is 18.6 Å². The monoisotopic (exact) mass is 326 g/mol. The van der Waals surface area contributed by atoms with E-state index in [2.05, 4.69) is 0 Å². The van der Waals surface area contributed by atoms with Crippen LogP contribution in [0.3, 0.4) is 0 Å². The number of carbonyl (C=O) groups is 1. The molecular formula is C15H12Cl2O2S. The van der Waals surface area contributed by atoms with E-state index in [4.69, 9.17) is 27.9 Å². The van der Waals surface area contributed by atoms with Crippen LogP contribution in [0.1, 0.15) is 10.4 Å². The fourth-order valence-electron chi connectivity index (χ4n) is 1.67. The number of hydrogen-bond acceptors (Lipinski definition) is 3. The van der Waals surface area contributed by atoms with Crippen LogP contribution >= 0.6 is 35.0 Å². The first-order chi connectivity index (χ1) is 9.61. The van der Waals surface area contributed by atoms with Crippen LogP contribution in [0.2, 0.25) is 10.0 Å². The van der Waals surface area contributed by atoms with Crippen LogP contribution in [0.5, 0.6) is 5.75 Å². The molecule has 0 unspecified atom stereocenters. The lowest BCUT2D eigenvalue weighted by Gasteiger charge is -2.08. The number of halogens is 2. The maximum absolute atomic E-state index is 12.2. The number of methoxy groups -OCH3 is 1. The van der Waals surface area contributed by atoms with E-state index in [9.17, 15) is 4.79 Å². The number of benzene rings is 2. The first-order valence-electron chi connectivity index (χ1n) is 5.86. The normalized spacial score (nSPS) is 10.3. The molecule has 0 aliphatic rings. The van der Waals surface area contributed by atoms with E-state index in [0.29, 0.717) is 21.4 Å². The summed E-state index contributed by atoms with van der Waals surface area (Å²) in [5.74, 6) is 1.01. The molecule has 0 bridgehead atoms. The molecule has 0 heterocycles. The molecule has 2 aromatic carbocycles. The van der Waals surface area contributed by atoms with Crippen molar-refractivity contribution < 1.29 is 9.53 Å². The molecule has 2 aromatic rings. The van der Waals surface area contributed by atoms with Crippen molar-refractivity contribution >= 4 is 40.7 Å². The van der Waals surface area contributed by atoms with Gasteiger partial charge in [0.2, 0.25) is 0 Å². The van der Waals surface area contributed by atoms with E-state index in [1.165, 1.54) is 11.8 Å². The Morgan fingerprint density at radius 3 is 2.65 bits per heavy atom. The maximum Gasteiger partial charge on any atom is 0.174 e. The molecule has 0 saturated carbocycles. The van der Waals surface area contributed by atoms with E-state index >= 15 is 0 Å². The van der Waals surface area contributed by atoms with Gasteiger partial charge in [-0.1, -0.05) is 35.3 Å². The Morgan fingerprint density at radius 1 is 1.20 bits per heavy atom. The molecule has 0 aliphatic heterocycles. The van der Waals surface area contributed by atoms with Crippen LogP contribution in [0.4, 0.5) is 0 Å². The summed E-state index contributed by atoms with van der Waals surface area (Å²) in [6.45, 7) is 0. The van der Waals surface area contributed by atoms with Gasteiger partial charge in [-0.05, 0) is 30.3 Å². The highest BCUT2D eigenvalue weighted by Crippen LogP contribution is 2.30. The quantitative estimate of drug-likeness (QED) is 0.572. The van der Waals surface area contributed by atoms with Crippen LogP contribution in [0, 0.1) is 0 Å². The van der Waals surface area contributed by atoms with Crippen molar-refractivity contribution in [3.63, 3.8) is 0 Å². The van der Waals surface area contributed by atoms with Gasteiger partial charge in [0.15, 0.2) is 5.78 Å². The SMILES string of the molecule is COc1ccccc1SCC(=O)c1ccc(Cl)cc1Cl. The van der Waals surface area contributed by atoms with Crippen molar-refractivity contribution in [3.05, 3.63) is 58.1 Å². The van der Waals surface area contributed by atoms with E-state index in [-0.39, 0.29) is 5.78 Å². The van der Waals surface area contributed by atoms with Gasteiger partial charge in [0.1, 0.15) is 5.75 Å². The molecule has 0 radical (unpaired) electrons. The molecule has 0 N–H and O–H groups in total. The highest BCUT2D eigenvalue weighted by molar-refractivity contribution is 8.00. The Bertz CT molecular complexity index is 629. The van der Waals surface area contributed by atoms with Crippen molar-refractivity contribution in [2.45, 2.75) is 4.90 Å². The number of thioether (sulfide) groups is 1. The van der Waals surface area contributed by atoms with E-state index < -0.39 is 0 Å². The van der Waals surface area contributed by atoms with Gasteiger partial charge in [0, 0.05) is 15.5 Å². The molecule has 0 spiro atoms. The number of rotatable bonds is 5.